The Balaban J connectivity index is 2.08. The molecule has 0 radical (unpaired) electrons. The number of nitrogens with zero attached hydrogens (tertiary/aromatic N) is 1. The fourth-order valence-corrected chi connectivity index (χ4v) is 2.11. The van der Waals surface area contributed by atoms with Crippen LogP contribution in [-0.2, 0) is 11.3 Å². The normalized spacial score (nSPS) is 10.2. The maximum Gasteiger partial charge on any atom is 0.338 e. The minimum Gasteiger partial charge on any atom is -0.457 e. The third kappa shape index (κ3) is 4.03. The molecule has 7 heteroatoms. The maximum absolute atomic E-state index is 11.9. The molecule has 0 aliphatic carbocycles. The van der Waals surface area contributed by atoms with Crippen molar-refractivity contribution in [3.63, 3.8) is 0 Å². The average molecular weight is 371 g/mol. The highest BCUT2D eigenvalue weighted by Crippen LogP contribution is 2.26. The van der Waals surface area contributed by atoms with Crippen molar-refractivity contribution in [2.24, 2.45) is 0 Å². The van der Waals surface area contributed by atoms with Crippen LogP contribution in [0, 0.1) is 10.1 Å². The van der Waals surface area contributed by atoms with Gasteiger partial charge in [0.2, 0.25) is 0 Å². The number of nitro groups is 1. The first-order valence-corrected chi connectivity index (χ1v) is 7.00. The quantitative estimate of drug-likeness (QED) is 0.455. The van der Waals surface area contributed by atoms with Gasteiger partial charge in [0, 0.05) is 11.1 Å². The molecule has 0 spiro atoms. The Bertz CT molecular complexity index is 688. The zero-order chi connectivity index (χ0) is 15.4. The lowest BCUT2D eigenvalue weighted by molar-refractivity contribution is -0.385. The smallest absolute Gasteiger partial charge is 0.338 e. The van der Waals surface area contributed by atoms with E-state index in [1.807, 2.05) is 0 Å². The van der Waals surface area contributed by atoms with Crippen LogP contribution in [-0.4, -0.2) is 10.9 Å². The number of hydrogen-bond acceptors (Lipinski definition) is 4. The van der Waals surface area contributed by atoms with Crippen molar-refractivity contribution in [2.45, 2.75) is 6.61 Å². The van der Waals surface area contributed by atoms with Gasteiger partial charge in [0.05, 0.1) is 15.0 Å². The van der Waals surface area contributed by atoms with Gasteiger partial charge < -0.3 is 4.74 Å². The summed E-state index contributed by atoms with van der Waals surface area (Å²) in [6.45, 7) is 0.0693. The molecule has 0 aliphatic rings. The van der Waals surface area contributed by atoms with E-state index in [1.165, 1.54) is 18.2 Å². The van der Waals surface area contributed by atoms with E-state index in [1.54, 1.807) is 24.3 Å². The van der Waals surface area contributed by atoms with E-state index in [2.05, 4.69) is 15.9 Å². The molecule has 0 fully saturated rings. The van der Waals surface area contributed by atoms with Crippen LogP contribution in [0.1, 0.15) is 15.9 Å². The highest BCUT2D eigenvalue weighted by molar-refractivity contribution is 9.10. The van der Waals surface area contributed by atoms with Crippen LogP contribution in [0.5, 0.6) is 0 Å². The zero-order valence-electron chi connectivity index (χ0n) is 10.6. The Morgan fingerprint density at radius 3 is 2.52 bits per heavy atom. The van der Waals surface area contributed by atoms with E-state index in [9.17, 15) is 14.9 Å². The molecule has 2 rings (SSSR count). The van der Waals surface area contributed by atoms with E-state index >= 15 is 0 Å². The van der Waals surface area contributed by atoms with Crippen molar-refractivity contribution >= 4 is 39.2 Å². The third-order valence-corrected chi connectivity index (χ3v) is 3.58. The minimum atomic E-state index is -0.624. The average Bonchev–Trinajstić information content (AvgIpc) is 2.46. The van der Waals surface area contributed by atoms with Gasteiger partial charge in [-0.1, -0.05) is 23.7 Å². The van der Waals surface area contributed by atoms with Gasteiger partial charge in [-0.2, -0.15) is 0 Å². The number of ether oxygens (including phenoxy) is 1. The van der Waals surface area contributed by atoms with E-state index in [4.69, 9.17) is 16.3 Å². The lowest BCUT2D eigenvalue weighted by Gasteiger charge is -2.05. The summed E-state index contributed by atoms with van der Waals surface area (Å²) in [5, 5.41) is 11.4. The van der Waals surface area contributed by atoms with Crippen molar-refractivity contribution in [3.05, 3.63) is 73.2 Å². The lowest BCUT2D eigenvalue weighted by atomic mass is 10.2. The summed E-state index contributed by atoms with van der Waals surface area (Å²) < 4.78 is 5.42. The largest absolute Gasteiger partial charge is 0.457 e. The molecule has 2 aromatic rings. The van der Waals surface area contributed by atoms with Crippen molar-refractivity contribution in [1.29, 1.82) is 0 Å². The first-order valence-electron chi connectivity index (χ1n) is 5.83. The number of esters is 1. The fourth-order valence-electron chi connectivity index (χ4n) is 1.59. The number of carbonyl (C=O) groups is 1. The molecule has 0 amide bonds. The first-order chi connectivity index (χ1) is 9.97. The highest BCUT2D eigenvalue weighted by Gasteiger charge is 2.16. The lowest BCUT2D eigenvalue weighted by Crippen LogP contribution is -2.06. The Hall–Kier alpha value is -1.92. The van der Waals surface area contributed by atoms with Gasteiger partial charge in [-0.05, 0) is 45.8 Å². The standard InChI is InChI=1S/C14H9BrClNO4/c15-12-6-3-10(7-13(12)17(19)20)14(18)21-8-9-1-4-11(16)5-2-9/h1-7H,8H2. The highest BCUT2D eigenvalue weighted by atomic mass is 79.9. The van der Waals surface area contributed by atoms with Crippen LogP contribution in [0.2, 0.25) is 5.02 Å². The molecule has 108 valence electrons. The number of carbonyl (C=O) groups excluding carboxylic acids is 1. The maximum atomic E-state index is 11.9. The van der Waals surface area contributed by atoms with Crippen LogP contribution in [0.4, 0.5) is 5.69 Å². The predicted molar refractivity (Wildman–Crippen MR) is 81.4 cm³/mol. The molecule has 0 heterocycles. The molecule has 0 bridgehead atoms. The molecule has 0 saturated carbocycles. The number of benzene rings is 2. The van der Waals surface area contributed by atoms with Gasteiger partial charge in [-0.15, -0.1) is 0 Å². The summed E-state index contributed by atoms with van der Waals surface area (Å²) in [5.74, 6) is -0.624. The van der Waals surface area contributed by atoms with Gasteiger partial charge in [0.15, 0.2) is 0 Å². The molecule has 0 aliphatic heterocycles. The van der Waals surface area contributed by atoms with Gasteiger partial charge in [0.1, 0.15) is 6.61 Å². The number of hydrogen-bond donors (Lipinski definition) is 0. The van der Waals surface area contributed by atoms with E-state index in [-0.39, 0.29) is 17.9 Å². The molecule has 0 aromatic heterocycles. The first kappa shape index (κ1) is 15.5. The summed E-state index contributed by atoms with van der Waals surface area (Å²) in [7, 11) is 0. The second-order valence-corrected chi connectivity index (χ2v) is 5.42. The Labute approximate surface area is 133 Å². The topological polar surface area (TPSA) is 69.4 Å². The number of rotatable bonds is 4. The number of nitro benzene ring substituents is 1. The van der Waals surface area contributed by atoms with Crippen molar-refractivity contribution in [3.8, 4) is 0 Å². The van der Waals surface area contributed by atoms with Gasteiger partial charge >= 0.3 is 5.97 Å². The minimum absolute atomic E-state index is 0.0693. The molecule has 0 N–H and O–H groups in total. The molecule has 2 aromatic carbocycles. The van der Waals surface area contributed by atoms with Crippen molar-refractivity contribution in [1.82, 2.24) is 0 Å². The van der Waals surface area contributed by atoms with Crippen molar-refractivity contribution < 1.29 is 14.5 Å². The van der Waals surface area contributed by atoms with Gasteiger partial charge in [-0.25, -0.2) is 4.79 Å². The van der Waals surface area contributed by atoms with E-state index in [0.717, 1.165) is 5.56 Å². The second-order valence-electron chi connectivity index (χ2n) is 4.13. The summed E-state index contributed by atoms with van der Waals surface area (Å²) in [6.07, 6.45) is 0. The molecule has 0 atom stereocenters. The molecule has 0 unspecified atom stereocenters. The van der Waals surface area contributed by atoms with Crippen LogP contribution in [0.25, 0.3) is 0 Å². The summed E-state index contributed by atoms with van der Waals surface area (Å²) in [5.41, 5.74) is 0.717. The molecular weight excluding hydrogens is 362 g/mol. The number of halogens is 2. The Morgan fingerprint density at radius 1 is 1.24 bits per heavy atom. The van der Waals surface area contributed by atoms with Crippen molar-refractivity contribution in [2.75, 3.05) is 0 Å². The zero-order valence-corrected chi connectivity index (χ0v) is 12.9. The Morgan fingerprint density at radius 2 is 1.90 bits per heavy atom. The fraction of sp³-hybridized carbons (Fsp3) is 0.0714. The van der Waals surface area contributed by atoms with Crippen LogP contribution in [0.3, 0.4) is 0 Å². The summed E-state index contributed by atoms with van der Waals surface area (Å²) in [6, 6.07) is 10.9. The monoisotopic (exact) mass is 369 g/mol. The van der Waals surface area contributed by atoms with Crippen LogP contribution < -0.4 is 0 Å². The van der Waals surface area contributed by atoms with E-state index < -0.39 is 10.9 Å². The summed E-state index contributed by atoms with van der Waals surface area (Å²) >= 11 is 8.81. The predicted octanol–water partition coefficient (Wildman–Crippen LogP) is 4.37. The van der Waals surface area contributed by atoms with Gasteiger partial charge in [0.25, 0.3) is 5.69 Å². The molecule has 21 heavy (non-hydrogen) atoms. The van der Waals surface area contributed by atoms with Crippen LogP contribution >= 0.6 is 27.5 Å². The molecule has 5 nitrogen and oxygen atoms in total. The SMILES string of the molecule is O=C(OCc1ccc(Cl)cc1)c1ccc(Br)c([N+](=O)[O-])c1. The summed E-state index contributed by atoms with van der Waals surface area (Å²) in [4.78, 5) is 22.1. The second kappa shape index (κ2) is 6.69. The van der Waals surface area contributed by atoms with Crippen LogP contribution in [0.15, 0.2) is 46.9 Å². The van der Waals surface area contributed by atoms with Gasteiger partial charge in [-0.3, -0.25) is 10.1 Å². The molecular formula is C14H9BrClNO4. The Kier molecular flexibility index (Phi) is 4.93. The molecule has 0 saturated heterocycles. The van der Waals surface area contributed by atoms with E-state index in [0.29, 0.717) is 9.50 Å². The third-order valence-electron chi connectivity index (χ3n) is 2.66.